The molecule has 9 heteroatoms. The van der Waals surface area contributed by atoms with Gasteiger partial charge in [-0.25, -0.2) is 0 Å². The topological polar surface area (TPSA) is 63.4 Å². The first-order chi connectivity index (χ1) is 10.2. The SMILES string of the molecule is O=C(c1cc(C(F)(F)F)cc([N+](=O)[O-])c1Cl)N1CCCCC1. The number of alkyl halides is 3. The summed E-state index contributed by atoms with van der Waals surface area (Å²) in [6.45, 7) is 0.804. The predicted octanol–water partition coefficient (Wildman–Crippen LogP) is 3.89. The van der Waals surface area contributed by atoms with Gasteiger partial charge in [0.25, 0.3) is 11.6 Å². The van der Waals surface area contributed by atoms with Crippen molar-refractivity contribution >= 4 is 23.2 Å². The van der Waals surface area contributed by atoms with Crippen molar-refractivity contribution in [3.05, 3.63) is 38.4 Å². The molecule has 1 saturated heterocycles. The Kier molecular flexibility index (Phi) is 4.60. The molecule has 1 aliphatic rings. The highest BCUT2D eigenvalue weighted by atomic mass is 35.5. The Balaban J connectivity index is 2.51. The molecule has 1 fully saturated rings. The van der Waals surface area contributed by atoms with Crippen LogP contribution in [0.3, 0.4) is 0 Å². The number of benzene rings is 1. The maximum atomic E-state index is 12.9. The van der Waals surface area contributed by atoms with E-state index in [1.54, 1.807) is 0 Å². The van der Waals surface area contributed by atoms with Crippen LogP contribution in [0.4, 0.5) is 18.9 Å². The van der Waals surface area contributed by atoms with Crippen LogP contribution in [0.2, 0.25) is 5.02 Å². The largest absolute Gasteiger partial charge is 0.416 e. The normalized spacial score (nSPS) is 15.7. The third-order valence-electron chi connectivity index (χ3n) is 3.45. The van der Waals surface area contributed by atoms with Gasteiger partial charge >= 0.3 is 6.18 Å². The molecule has 0 N–H and O–H groups in total. The van der Waals surface area contributed by atoms with Crippen molar-refractivity contribution in [3.8, 4) is 0 Å². The predicted molar refractivity (Wildman–Crippen MR) is 72.9 cm³/mol. The molecular weight excluding hydrogens is 325 g/mol. The number of amides is 1. The zero-order valence-electron chi connectivity index (χ0n) is 11.3. The number of hydrogen-bond donors (Lipinski definition) is 0. The van der Waals surface area contributed by atoms with Gasteiger partial charge in [-0.2, -0.15) is 13.2 Å². The number of halogens is 4. The Labute approximate surface area is 128 Å². The molecule has 0 saturated carbocycles. The number of hydrogen-bond acceptors (Lipinski definition) is 3. The molecule has 1 heterocycles. The molecule has 2 rings (SSSR count). The van der Waals surface area contributed by atoms with E-state index in [4.69, 9.17) is 11.6 Å². The first kappa shape index (κ1) is 16.5. The molecule has 0 radical (unpaired) electrons. The van der Waals surface area contributed by atoms with Gasteiger partial charge in [0.2, 0.25) is 0 Å². The fraction of sp³-hybridized carbons (Fsp3) is 0.462. The zero-order chi connectivity index (χ0) is 16.5. The molecule has 0 aromatic heterocycles. The molecule has 0 spiro atoms. The summed E-state index contributed by atoms with van der Waals surface area (Å²) in [6.07, 6.45) is -2.39. The second-order valence-electron chi connectivity index (χ2n) is 4.96. The van der Waals surface area contributed by atoms with Crippen LogP contribution in [0, 0.1) is 10.1 Å². The number of rotatable bonds is 2. The Hall–Kier alpha value is -1.83. The molecular formula is C13H12ClF3N2O3. The van der Waals surface area contributed by atoms with Gasteiger partial charge in [-0.1, -0.05) is 11.6 Å². The van der Waals surface area contributed by atoms with Crippen molar-refractivity contribution in [1.29, 1.82) is 0 Å². The highest BCUT2D eigenvalue weighted by Gasteiger charge is 2.36. The molecule has 1 amide bonds. The molecule has 22 heavy (non-hydrogen) atoms. The fourth-order valence-electron chi connectivity index (χ4n) is 2.33. The van der Waals surface area contributed by atoms with Crippen LogP contribution in [0.15, 0.2) is 12.1 Å². The lowest BCUT2D eigenvalue weighted by molar-refractivity contribution is -0.385. The number of piperidine rings is 1. The number of likely N-dealkylation sites (tertiary alicyclic amines) is 1. The summed E-state index contributed by atoms with van der Waals surface area (Å²) in [6, 6.07) is 0.918. The fourth-order valence-corrected chi connectivity index (χ4v) is 2.59. The van der Waals surface area contributed by atoms with E-state index >= 15 is 0 Å². The summed E-state index contributed by atoms with van der Waals surface area (Å²) in [4.78, 5) is 23.6. The Bertz CT molecular complexity index is 613. The Morgan fingerprint density at radius 1 is 1.23 bits per heavy atom. The molecule has 0 bridgehead atoms. The lowest BCUT2D eigenvalue weighted by Crippen LogP contribution is -2.36. The minimum atomic E-state index is -4.80. The minimum Gasteiger partial charge on any atom is -0.339 e. The number of nitro groups is 1. The Morgan fingerprint density at radius 3 is 2.32 bits per heavy atom. The standard InChI is InChI=1S/C13H12ClF3N2O3/c14-11-9(12(20)18-4-2-1-3-5-18)6-8(13(15,16)17)7-10(11)19(21)22/h6-7H,1-5H2. The van der Waals surface area contributed by atoms with Gasteiger partial charge in [0, 0.05) is 19.2 Å². The van der Waals surface area contributed by atoms with Gasteiger partial charge in [0.15, 0.2) is 0 Å². The number of nitro benzene ring substituents is 1. The molecule has 1 aromatic carbocycles. The van der Waals surface area contributed by atoms with E-state index in [2.05, 4.69) is 0 Å². The molecule has 0 aliphatic carbocycles. The maximum absolute atomic E-state index is 12.9. The lowest BCUT2D eigenvalue weighted by Gasteiger charge is -2.27. The smallest absolute Gasteiger partial charge is 0.339 e. The van der Waals surface area contributed by atoms with Gasteiger partial charge < -0.3 is 4.90 Å². The lowest BCUT2D eigenvalue weighted by atomic mass is 10.1. The van der Waals surface area contributed by atoms with Crippen molar-refractivity contribution in [2.45, 2.75) is 25.4 Å². The van der Waals surface area contributed by atoms with E-state index in [0.717, 1.165) is 19.3 Å². The summed E-state index contributed by atoms with van der Waals surface area (Å²) in [5.74, 6) is -0.709. The minimum absolute atomic E-state index is 0.343. The van der Waals surface area contributed by atoms with Crippen molar-refractivity contribution in [3.63, 3.8) is 0 Å². The van der Waals surface area contributed by atoms with Crippen LogP contribution in [-0.4, -0.2) is 28.8 Å². The molecule has 0 unspecified atom stereocenters. The first-order valence-electron chi connectivity index (χ1n) is 6.56. The van der Waals surface area contributed by atoms with E-state index in [9.17, 15) is 28.1 Å². The van der Waals surface area contributed by atoms with Crippen molar-refractivity contribution in [2.24, 2.45) is 0 Å². The van der Waals surface area contributed by atoms with E-state index in [0.29, 0.717) is 25.2 Å². The number of nitrogens with zero attached hydrogens (tertiary/aromatic N) is 2. The van der Waals surface area contributed by atoms with Crippen LogP contribution in [-0.2, 0) is 6.18 Å². The van der Waals surface area contributed by atoms with Gasteiger partial charge in [0.1, 0.15) is 5.02 Å². The highest BCUT2D eigenvalue weighted by Crippen LogP contribution is 2.37. The van der Waals surface area contributed by atoms with Gasteiger partial charge in [-0.15, -0.1) is 0 Å². The Morgan fingerprint density at radius 2 is 1.82 bits per heavy atom. The molecule has 120 valence electrons. The zero-order valence-corrected chi connectivity index (χ0v) is 12.1. The van der Waals surface area contributed by atoms with Crippen LogP contribution in [0.5, 0.6) is 0 Å². The van der Waals surface area contributed by atoms with Crippen LogP contribution >= 0.6 is 11.6 Å². The second-order valence-corrected chi connectivity index (χ2v) is 5.34. The van der Waals surface area contributed by atoms with Crippen LogP contribution in [0.1, 0.15) is 35.2 Å². The summed E-state index contributed by atoms with van der Waals surface area (Å²) in [7, 11) is 0. The summed E-state index contributed by atoms with van der Waals surface area (Å²) in [5, 5.41) is 10.3. The van der Waals surface area contributed by atoms with Crippen molar-refractivity contribution in [1.82, 2.24) is 4.90 Å². The number of carbonyl (C=O) groups excluding carboxylic acids is 1. The second kappa shape index (κ2) is 6.12. The number of carbonyl (C=O) groups is 1. The summed E-state index contributed by atoms with van der Waals surface area (Å²) in [5.41, 5.74) is -2.66. The van der Waals surface area contributed by atoms with Gasteiger partial charge in [-0.05, 0) is 25.3 Å². The quantitative estimate of drug-likeness (QED) is 0.608. The van der Waals surface area contributed by atoms with Crippen molar-refractivity contribution < 1.29 is 22.9 Å². The molecule has 0 atom stereocenters. The molecule has 5 nitrogen and oxygen atoms in total. The van der Waals surface area contributed by atoms with E-state index in [-0.39, 0.29) is 0 Å². The first-order valence-corrected chi connectivity index (χ1v) is 6.94. The average molecular weight is 337 g/mol. The van der Waals surface area contributed by atoms with E-state index in [1.165, 1.54) is 4.90 Å². The van der Waals surface area contributed by atoms with Crippen LogP contribution in [0.25, 0.3) is 0 Å². The van der Waals surface area contributed by atoms with Gasteiger partial charge in [0.05, 0.1) is 16.1 Å². The average Bonchev–Trinajstić information content (AvgIpc) is 2.46. The highest BCUT2D eigenvalue weighted by molar-refractivity contribution is 6.35. The van der Waals surface area contributed by atoms with Crippen LogP contribution < -0.4 is 0 Å². The third-order valence-corrected chi connectivity index (χ3v) is 3.85. The van der Waals surface area contributed by atoms with Gasteiger partial charge in [-0.3, -0.25) is 14.9 Å². The van der Waals surface area contributed by atoms with Crippen molar-refractivity contribution in [2.75, 3.05) is 13.1 Å². The molecule has 1 aromatic rings. The monoisotopic (exact) mass is 336 g/mol. The summed E-state index contributed by atoms with van der Waals surface area (Å²) >= 11 is 5.78. The summed E-state index contributed by atoms with van der Waals surface area (Å²) < 4.78 is 38.6. The van der Waals surface area contributed by atoms with E-state index in [1.807, 2.05) is 0 Å². The maximum Gasteiger partial charge on any atom is 0.416 e. The molecule has 1 aliphatic heterocycles. The van der Waals surface area contributed by atoms with E-state index < -0.39 is 38.8 Å². The third kappa shape index (κ3) is 3.32.